The van der Waals surface area contributed by atoms with Crippen LogP contribution in [0.2, 0.25) is 0 Å². The Kier molecular flexibility index (Phi) is 4.59. The summed E-state index contributed by atoms with van der Waals surface area (Å²) in [6.45, 7) is 3.87. The zero-order valence-corrected chi connectivity index (χ0v) is 13.0. The third kappa shape index (κ3) is 2.82. The molecule has 1 saturated heterocycles. The third-order valence-corrected chi connectivity index (χ3v) is 5.03. The number of likely N-dealkylation sites (N-methyl/N-ethyl adjacent to an activating group) is 1. The third-order valence-electron chi connectivity index (χ3n) is 3.24. The van der Waals surface area contributed by atoms with Crippen LogP contribution in [0.1, 0.15) is 17.8 Å². The summed E-state index contributed by atoms with van der Waals surface area (Å²) >= 11 is 4.93. The highest BCUT2D eigenvalue weighted by atomic mass is 79.9. The first-order valence-corrected chi connectivity index (χ1v) is 7.79. The Hall–Kier alpha value is -0.920. The summed E-state index contributed by atoms with van der Waals surface area (Å²) in [7, 11) is 0. The van der Waals surface area contributed by atoms with Gasteiger partial charge in [-0.2, -0.15) is 0 Å². The Morgan fingerprint density at radius 2 is 2.16 bits per heavy atom. The second-order valence-electron chi connectivity index (χ2n) is 4.30. The lowest BCUT2D eigenvalue weighted by Crippen LogP contribution is -2.55. The highest BCUT2D eigenvalue weighted by molar-refractivity contribution is 9.10. The average Bonchev–Trinajstić information content (AvgIpc) is 2.82. The van der Waals surface area contributed by atoms with Crippen molar-refractivity contribution in [3.05, 3.63) is 20.8 Å². The maximum atomic E-state index is 12.1. The van der Waals surface area contributed by atoms with E-state index >= 15 is 0 Å². The van der Waals surface area contributed by atoms with Gasteiger partial charge in [0.25, 0.3) is 0 Å². The van der Waals surface area contributed by atoms with Crippen LogP contribution in [0.4, 0.5) is 0 Å². The van der Waals surface area contributed by atoms with Gasteiger partial charge < -0.3 is 15.5 Å². The van der Waals surface area contributed by atoms with E-state index in [1.807, 2.05) is 18.4 Å². The predicted molar refractivity (Wildman–Crippen MR) is 77.8 cm³/mol. The molecule has 0 radical (unpaired) electrons. The molecule has 0 saturated carbocycles. The summed E-state index contributed by atoms with van der Waals surface area (Å²) in [5, 5.41) is 1.95. The van der Waals surface area contributed by atoms with Crippen molar-refractivity contribution in [1.82, 2.24) is 9.80 Å². The molecule has 1 fully saturated rings. The molecule has 2 N–H and O–H groups in total. The first-order valence-electron chi connectivity index (χ1n) is 6.12. The van der Waals surface area contributed by atoms with Crippen molar-refractivity contribution in [2.45, 2.75) is 13.0 Å². The van der Waals surface area contributed by atoms with Crippen molar-refractivity contribution < 1.29 is 9.59 Å². The van der Waals surface area contributed by atoms with Gasteiger partial charge in [-0.3, -0.25) is 9.59 Å². The predicted octanol–water partition coefficient (Wildman–Crippen LogP) is 1.20. The van der Waals surface area contributed by atoms with Gasteiger partial charge in [0.1, 0.15) is 0 Å². The number of carbonyl (C=O) groups excluding carboxylic acids is 2. The quantitative estimate of drug-likeness (QED) is 0.834. The zero-order chi connectivity index (χ0) is 14.0. The van der Waals surface area contributed by atoms with Crippen molar-refractivity contribution in [3.8, 4) is 0 Å². The number of halogens is 1. The van der Waals surface area contributed by atoms with Gasteiger partial charge in [0.2, 0.25) is 0 Å². The fourth-order valence-electron chi connectivity index (χ4n) is 2.19. The van der Waals surface area contributed by atoms with Gasteiger partial charge in [0.15, 0.2) is 0 Å². The summed E-state index contributed by atoms with van der Waals surface area (Å²) in [4.78, 5) is 28.2. The molecule has 5 nitrogen and oxygen atoms in total. The number of thiophene rings is 1. The van der Waals surface area contributed by atoms with Crippen LogP contribution in [0.5, 0.6) is 0 Å². The van der Waals surface area contributed by atoms with E-state index < -0.39 is 11.8 Å². The lowest BCUT2D eigenvalue weighted by Gasteiger charge is -2.37. The Morgan fingerprint density at radius 1 is 1.42 bits per heavy atom. The van der Waals surface area contributed by atoms with Gasteiger partial charge in [-0.25, -0.2) is 0 Å². The van der Waals surface area contributed by atoms with E-state index in [0.29, 0.717) is 26.2 Å². The van der Waals surface area contributed by atoms with Crippen LogP contribution in [-0.4, -0.2) is 47.8 Å². The number of hydrogen-bond donors (Lipinski definition) is 1. The SMILES string of the molecule is CCN1CCN(C(CN)c2cc(Br)cs2)C(=O)C1=O. The molecule has 1 atom stereocenters. The maximum absolute atomic E-state index is 12.1. The van der Waals surface area contributed by atoms with E-state index in [4.69, 9.17) is 5.73 Å². The van der Waals surface area contributed by atoms with E-state index in [-0.39, 0.29) is 6.04 Å². The monoisotopic (exact) mass is 345 g/mol. The lowest BCUT2D eigenvalue weighted by molar-refractivity contribution is -0.157. The van der Waals surface area contributed by atoms with Crippen molar-refractivity contribution in [3.63, 3.8) is 0 Å². The number of hydrogen-bond acceptors (Lipinski definition) is 4. The van der Waals surface area contributed by atoms with E-state index in [1.165, 1.54) is 0 Å². The van der Waals surface area contributed by atoms with Gasteiger partial charge in [0, 0.05) is 40.9 Å². The van der Waals surface area contributed by atoms with Crippen LogP contribution in [-0.2, 0) is 9.59 Å². The Morgan fingerprint density at radius 3 is 2.68 bits per heavy atom. The maximum Gasteiger partial charge on any atom is 0.312 e. The second-order valence-corrected chi connectivity index (χ2v) is 6.16. The van der Waals surface area contributed by atoms with Crippen molar-refractivity contribution in [1.29, 1.82) is 0 Å². The van der Waals surface area contributed by atoms with Crippen molar-refractivity contribution in [2.24, 2.45) is 5.73 Å². The molecule has 1 aromatic rings. The molecule has 7 heteroatoms. The van der Waals surface area contributed by atoms with E-state index in [1.54, 1.807) is 21.1 Å². The Labute approximate surface area is 124 Å². The molecule has 1 aliphatic rings. The summed E-state index contributed by atoms with van der Waals surface area (Å²) in [5.41, 5.74) is 5.79. The average molecular weight is 346 g/mol. The van der Waals surface area contributed by atoms with Crippen LogP contribution in [0.15, 0.2) is 15.9 Å². The fourth-order valence-corrected chi connectivity index (χ4v) is 3.76. The molecule has 0 aliphatic carbocycles. The zero-order valence-electron chi connectivity index (χ0n) is 10.6. The largest absolute Gasteiger partial charge is 0.333 e. The van der Waals surface area contributed by atoms with Gasteiger partial charge in [-0.15, -0.1) is 11.3 Å². The number of carbonyl (C=O) groups is 2. The number of piperazine rings is 1. The minimum absolute atomic E-state index is 0.216. The molecule has 0 bridgehead atoms. The molecule has 0 spiro atoms. The standard InChI is InChI=1S/C12H16BrN3O2S/c1-2-15-3-4-16(12(18)11(15)17)9(6-14)10-5-8(13)7-19-10/h5,7,9H,2-4,6,14H2,1H3. The van der Waals surface area contributed by atoms with Crippen LogP contribution in [0.25, 0.3) is 0 Å². The molecular formula is C12H16BrN3O2S. The highest BCUT2D eigenvalue weighted by Crippen LogP contribution is 2.30. The summed E-state index contributed by atoms with van der Waals surface area (Å²) in [6, 6.07) is 1.73. The normalized spacial score (nSPS) is 18.1. The first kappa shape index (κ1) is 14.5. The molecule has 19 heavy (non-hydrogen) atoms. The van der Waals surface area contributed by atoms with Crippen LogP contribution in [0.3, 0.4) is 0 Å². The summed E-state index contributed by atoms with van der Waals surface area (Å²) in [5.74, 6) is -0.879. The van der Waals surface area contributed by atoms with Gasteiger partial charge in [-0.05, 0) is 28.9 Å². The van der Waals surface area contributed by atoms with Gasteiger partial charge >= 0.3 is 11.8 Å². The van der Waals surface area contributed by atoms with Crippen LogP contribution in [0, 0.1) is 0 Å². The van der Waals surface area contributed by atoms with Crippen LogP contribution >= 0.6 is 27.3 Å². The molecule has 1 aromatic heterocycles. The number of nitrogens with zero attached hydrogens (tertiary/aromatic N) is 2. The van der Waals surface area contributed by atoms with E-state index in [0.717, 1.165) is 9.35 Å². The molecule has 2 heterocycles. The van der Waals surface area contributed by atoms with Gasteiger partial charge in [-0.1, -0.05) is 0 Å². The fraction of sp³-hybridized carbons (Fsp3) is 0.500. The minimum Gasteiger partial charge on any atom is -0.333 e. The first-order chi connectivity index (χ1) is 9.08. The van der Waals surface area contributed by atoms with E-state index in [2.05, 4.69) is 15.9 Å². The number of rotatable bonds is 4. The molecule has 0 aromatic carbocycles. The van der Waals surface area contributed by atoms with Crippen LogP contribution < -0.4 is 5.73 Å². The second kappa shape index (κ2) is 6.02. The number of nitrogens with two attached hydrogens (primary N) is 1. The minimum atomic E-state index is -0.451. The molecule has 2 amide bonds. The van der Waals surface area contributed by atoms with E-state index in [9.17, 15) is 9.59 Å². The lowest BCUT2D eigenvalue weighted by atomic mass is 10.1. The summed E-state index contributed by atoms with van der Waals surface area (Å²) in [6.07, 6.45) is 0. The Bertz CT molecular complexity index is 491. The molecule has 2 rings (SSSR count). The topological polar surface area (TPSA) is 66.6 Å². The molecule has 1 aliphatic heterocycles. The molecule has 1 unspecified atom stereocenters. The molecular weight excluding hydrogens is 330 g/mol. The van der Waals surface area contributed by atoms with Crippen molar-refractivity contribution in [2.75, 3.05) is 26.2 Å². The van der Waals surface area contributed by atoms with Gasteiger partial charge in [0.05, 0.1) is 6.04 Å². The summed E-state index contributed by atoms with van der Waals surface area (Å²) < 4.78 is 0.969. The molecule has 104 valence electrons. The smallest absolute Gasteiger partial charge is 0.312 e. The number of amides is 2. The Balaban J connectivity index is 2.20. The highest BCUT2D eigenvalue weighted by Gasteiger charge is 2.36. The van der Waals surface area contributed by atoms with Crippen molar-refractivity contribution >= 4 is 39.1 Å².